The van der Waals surface area contributed by atoms with Gasteiger partial charge in [0.1, 0.15) is 5.75 Å². The molecular weight excluding hydrogens is 438 g/mol. The lowest BCUT2D eigenvalue weighted by atomic mass is 9.93. The summed E-state index contributed by atoms with van der Waals surface area (Å²) >= 11 is 0. The van der Waals surface area contributed by atoms with E-state index in [0.29, 0.717) is 36.0 Å². The number of carbonyl (C=O) groups is 1. The second-order valence-electron chi connectivity index (χ2n) is 8.55. The molecule has 0 saturated heterocycles. The third-order valence-corrected chi connectivity index (χ3v) is 6.05. The fourth-order valence-electron chi connectivity index (χ4n) is 4.54. The van der Waals surface area contributed by atoms with E-state index in [9.17, 15) is 4.79 Å². The van der Waals surface area contributed by atoms with E-state index in [4.69, 9.17) is 19.9 Å². The van der Waals surface area contributed by atoms with Crippen LogP contribution in [-0.2, 0) is 17.8 Å². The molecule has 0 fully saturated rings. The largest absolute Gasteiger partial charge is 0.492 e. The van der Waals surface area contributed by atoms with E-state index in [1.165, 1.54) is 28.3 Å². The standard InChI is InChI=1S/C30H33NO4/c1-4-10-28(32)35-30-26(19-31)29(34-16-6-3)25(18-27(30)33-15-5-2)23-14-9-13-22-21-12-8-7-11-20(21)17-24(22)23/h4,7-14,18H,5-6,15-17,19,31H2,1-3H3. The number of rotatable bonds is 10. The van der Waals surface area contributed by atoms with Gasteiger partial charge in [0.15, 0.2) is 11.5 Å². The van der Waals surface area contributed by atoms with Crippen LogP contribution in [0.15, 0.2) is 60.7 Å². The second-order valence-corrected chi connectivity index (χ2v) is 8.55. The van der Waals surface area contributed by atoms with Crippen LogP contribution in [0.3, 0.4) is 0 Å². The number of hydrogen-bond acceptors (Lipinski definition) is 5. The molecule has 5 heteroatoms. The summed E-state index contributed by atoms with van der Waals surface area (Å²) in [6.45, 7) is 7.02. The Morgan fingerprint density at radius 3 is 2.31 bits per heavy atom. The maximum atomic E-state index is 12.4. The van der Waals surface area contributed by atoms with Gasteiger partial charge in [0.05, 0.1) is 18.8 Å². The molecule has 0 atom stereocenters. The van der Waals surface area contributed by atoms with Crippen molar-refractivity contribution < 1.29 is 19.0 Å². The molecule has 182 valence electrons. The number of hydrogen-bond donors (Lipinski definition) is 1. The van der Waals surface area contributed by atoms with E-state index in [0.717, 1.165) is 30.4 Å². The van der Waals surface area contributed by atoms with Crippen molar-refractivity contribution in [2.24, 2.45) is 5.73 Å². The lowest BCUT2D eigenvalue weighted by Crippen LogP contribution is -2.13. The summed E-state index contributed by atoms with van der Waals surface area (Å²) in [7, 11) is 0. The number of esters is 1. The zero-order valence-corrected chi connectivity index (χ0v) is 20.7. The highest BCUT2D eigenvalue weighted by Crippen LogP contribution is 2.49. The molecule has 0 saturated carbocycles. The molecule has 3 aromatic rings. The molecule has 0 aromatic heterocycles. The molecule has 5 nitrogen and oxygen atoms in total. The van der Waals surface area contributed by atoms with Gasteiger partial charge < -0.3 is 19.9 Å². The Bertz CT molecular complexity index is 1250. The molecule has 0 unspecified atom stereocenters. The molecule has 2 N–H and O–H groups in total. The van der Waals surface area contributed by atoms with Crippen LogP contribution in [-0.4, -0.2) is 19.2 Å². The minimum Gasteiger partial charge on any atom is -0.492 e. The van der Waals surface area contributed by atoms with Crippen molar-refractivity contribution in [3.63, 3.8) is 0 Å². The molecule has 0 heterocycles. The van der Waals surface area contributed by atoms with Gasteiger partial charge in [-0.3, -0.25) is 0 Å². The zero-order chi connectivity index (χ0) is 24.8. The summed E-state index contributed by atoms with van der Waals surface area (Å²) in [6.07, 6.45) is 5.52. The first kappa shape index (κ1) is 24.6. The molecule has 0 spiro atoms. The van der Waals surface area contributed by atoms with Gasteiger partial charge >= 0.3 is 5.97 Å². The van der Waals surface area contributed by atoms with E-state index in [1.807, 2.05) is 13.0 Å². The minimum absolute atomic E-state index is 0.142. The molecule has 0 bridgehead atoms. The molecular formula is C30H33NO4. The van der Waals surface area contributed by atoms with E-state index < -0.39 is 5.97 Å². The summed E-state index contributed by atoms with van der Waals surface area (Å²) in [5, 5.41) is 0. The Kier molecular flexibility index (Phi) is 7.88. The number of allylic oxidation sites excluding steroid dienone is 1. The van der Waals surface area contributed by atoms with Gasteiger partial charge in [-0.05, 0) is 60.1 Å². The smallest absolute Gasteiger partial charge is 0.335 e. The first-order valence-corrected chi connectivity index (χ1v) is 12.3. The van der Waals surface area contributed by atoms with E-state index in [2.05, 4.69) is 49.4 Å². The van der Waals surface area contributed by atoms with Gasteiger partial charge in [0, 0.05) is 18.2 Å². The second kappa shape index (κ2) is 11.2. The molecule has 0 amide bonds. The van der Waals surface area contributed by atoms with E-state index >= 15 is 0 Å². The fourth-order valence-corrected chi connectivity index (χ4v) is 4.54. The van der Waals surface area contributed by atoms with Gasteiger partial charge in [-0.2, -0.15) is 0 Å². The number of nitrogens with two attached hydrogens (primary N) is 1. The highest BCUT2D eigenvalue weighted by molar-refractivity contribution is 5.89. The van der Waals surface area contributed by atoms with Gasteiger partial charge in [-0.25, -0.2) is 4.79 Å². The molecule has 0 aliphatic heterocycles. The van der Waals surface area contributed by atoms with Crippen molar-refractivity contribution in [3.05, 3.63) is 77.4 Å². The third-order valence-electron chi connectivity index (χ3n) is 6.05. The normalized spacial score (nSPS) is 11.9. The van der Waals surface area contributed by atoms with Crippen LogP contribution in [0.1, 0.15) is 50.3 Å². The third kappa shape index (κ3) is 4.96. The highest BCUT2D eigenvalue weighted by atomic mass is 16.6. The Hall–Kier alpha value is -3.57. The molecule has 1 aliphatic carbocycles. The molecule has 3 aromatic carbocycles. The van der Waals surface area contributed by atoms with Gasteiger partial charge in [0.25, 0.3) is 0 Å². The summed E-state index contributed by atoms with van der Waals surface area (Å²) in [4.78, 5) is 12.4. The Morgan fingerprint density at radius 2 is 1.60 bits per heavy atom. The molecule has 1 aliphatic rings. The van der Waals surface area contributed by atoms with Gasteiger partial charge in [-0.15, -0.1) is 0 Å². The predicted molar refractivity (Wildman–Crippen MR) is 140 cm³/mol. The van der Waals surface area contributed by atoms with Gasteiger partial charge in [0.2, 0.25) is 0 Å². The zero-order valence-electron chi connectivity index (χ0n) is 20.7. The number of benzene rings is 3. The fraction of sp³-hybridized carbons (Fsp3) is 0.300. The first-order chi connectivity index (χ1) is 17.1. The molecule has 0 radical (unpaired) electrons. The van der Waals surface area contributed by atoms with Gasteiger partial charge in [-0.1, -0.05) is 62.4 Å². The topological polar surface area (TPSA) is 70.8 Å². The van der Waals surface area contributed by atoms with Crippen molar-refractivity contribution in [2.75, 3.05) is 13.2 Å². The Balaban J connectivity index is 1.94. The van der Waals surface area contributed by atoms with Crippen LogP contribution in [0.5, 0.6) is 17.2 Å². The summed E-state index contributed by atoms with van der Waals surface area (Å²) in [5.74, 6) is 0.992. The number of carbonyl (C=O) groups excluding carboxylic acids is 1. The van der Waals surface area contributed by atoms with Crippen LogP contribution >= 0.6 is 0 Å². The van der Waals surface area contributed by atoms with Crippen LogP contribution in [0.4, 0.5) is 0 Å². The maximum Gasteiger partial charge on any atom is 0.335 e. The Morgan fingerprint density at radius 1 is 0.914 bits per heavy atom. The van der Waals surface area contributed by atoms with E-state index in [-0.39, 0.29) is 6.54 Å². The lowest BCUT2D eigenvalue weighted by Gasteiger charge is -2.22. The van der Waals surface area contributed by atoms with Crippen molar-refractivity contribution in [1.29, 1.82) is 0 Å². The highest BCUT2D eigenvalue weighted by Gasteiger charge is 2.27. The summed E-state index contributed by atoms with van der Waals surface area (Å²) in [6, 6.07) is 16.8. The van der Waals surface area contributed by atoms with Crippen LogP contribution in [0.25, 0.3) is 22.3 Å². The lowest BCUT2D eigenvalue weighted by molar-refractivity contribution is -0.129. The average Bonchev–Trinajstić information content (AvgIpc) is 3.25. The minimum atomic E-state index is -0.478. The van der Waals surface area contributed by atoms with E-state index in [1.54, 1.807) is 13.0 Å². The van der Waals surface area contributed by atoms with Crippen LogP contribution in [0.2, 0.25) is 0 Å². The Labute approximate surface area is 207 Å². The predicted octanol–water partition coefficient (Wildman–Crippen LogP) is 6.44. The monoisotopic (exact) mass is 471 g/mol. The van der Waals surface area contributed by atoms with Crippen molar-refractivity contribution in [3.8, 4) is 39.5 Å². The summed E-state index contributed by atoms with van der Waals surface area (Å²) < 4.78 is 18.1. The summed E-state index contributed by atoms with van der Waals surface area (Å²) in [5.41, 5.74) is 13.9. The van der Waals surface area contributed by atoms with Crippen LogP contribution in [0, 0.1) is 0 Å². The number of fused-ring (bicyclic) bond motifs is 3. The van der Waals surface area contributed by atoms with Crippen molar-refractivity contribution in [2.45, 2.75) is 46.6 Å². The average molecular weight is 472 g/mol. The number of ether oxygens (including phenoxy) is 3. The van der Waals surface area contributed by atoms with Crippen LogP contribution < -0.4 is 19.9 Å². The van der Waals surface area contributed by atoms with Crippen molar-refractivity contribution in [1.82, 2.24) is 0 Å². The SMILES string of the molecule is CC=CC(=O)Oc1c(OCCC)cc(-c2cccc3c2Cc2ccccc2-3)c(OCCC)c1CN. The quantitative estimate of drug-likeness (QED) is 0.164. The molecule has 4 rings (SSSR count). The molecule has 35 heavy (non-hydrogen) atoms. The van der Waals surface area contributed by atoms with Crippen molar-refractivity contribution >= 4 is 5.97 Å². The first-order valence-electron chi connectivity index (χ1n) is 12.3. The maximum absolute atomic E-state index is 12.4.